The first-order valence-electron chi connectivity index (χ1n) is 5.21. The molecule has 102 valence electrons. The van der Waals surface area contributed by atoms with Crippen molar-refractivity contribution in [3.63, 3.8) is 0 Å². The van der Waals surface area contributed by atoms with Crippen molar-refractivity contribution in [2.45, 2.75) is 13.1 Å². The Morgan fingerprint density at radius 2 is 2.21 bits per heavy atom. The van der Waals surface area contributed by atoms with Gasteiger partial charge in [0, 0.05) is 0 Å². The van der Waals surface area contributed by atoms with E-state index >= 15 is 0 Å². The van der Waals surface area contributed by atoms with Crippen molar-refractivity contribution in [3.05, 3.63) is 30.0 Å². The minimum atomic E-state index is -4.81. The smallest absolute Gasteiger partial charge is 0.437 e. The highest BCUT2D eigenvalue weighted by molar-refractivity contribution is 5.88. The Hall–Kier alpha value is -2.25. The first-order valence-corrected chi connectivity index (χ1v) is 5.21. The number of rotatable bonds is 3. The minimum absolute atomic E-state index is 0.0716. The first kappa shape index (κ1) is 13.2. The molecule has 0 aliphatic heterocycles. The van der Waals surface area contributed by atoms with E-state index in [1.807, 2.05) is 0 Å². The molecule has 0 saturated carbocycles. The second kappa shape index (κ2) is 4.79. The van der Waals surface area contributed by atoms with E-state index < -0.39 is 23.6 Å². The van der Waals surface area contributed by atoms with Gasteiger partial charge in [-0.3, -0.25) is 0 Å². The summed E-state index contributed by atoms with van der Waals surface area (Å²) in [5, 5.41) is 0. The van der Waals surface area contributed by atoms with Gasteiger partial charge in [-0.25, -0.2) is 9.78 Å². The van der Waals surface area contributed by atoms with Crippen LogP contribution < -0.4 is 0 Å². The van der Waals surface area contributed by atoms with E-state index in [1.54, 1.807) is 0 Å². The zero-order valence-electron chi connectivity index (χ0n) is 9.65. The Morgan fingerprint density at radius 1 is 1.47 bits per heavy atom. The fraction of sp³-hybridized carbons (Fsp3) is 0.273. The van der Waals surface area contributed by atoms with Gasteiger partial charge < -0.3 is 13.6 Å². The number of furan rings is 1. The number of carbonyl (C=O) groups is 1. The molecule has 2 rings (SSSR count). The van der Waals surface area contributed by atoms with Crippen LogP contribution >= 0.6 is 0 Å². The van der Waals surface area contributed by atoms with Gasteiger partial charge in [0.15, 0.2) is 5.69 Å². The van der Waals surface area contributed by atoms with Crippen molar-refractivity contribution in [2.24, 2.45) is 0 Å². The highest BCUT2D eigenvalue weighted by Crippen LogP contribution is 2.34. The van der Waals surface area contributed by atoms with E-state index in [-0.39, 0.29) is 18.1 Å². The molecule has 0 fully saturated rings. The van der Waals surface area contributed by atoms with Crippen LogP contribution in [0.3, 0.4) is 0 Å². The van der Waals surface area contributed by atoms with E-state index in [1.165, 1.54) is 19.3 Å². The monoisotopic (exact) mass is 275 g/mol. The van der Waals surface area contributed by atoms with Crippen molar-refractivity contribution < 1.29 is 31.5 Å². The summed E-state index contributed by atoms with van der Waals surface area (Å²) in [7, 11) is 0. The normalized spacial score (nSPS) is 11.6. The summed E-state index contributed by atoms with van der Waals surface area (Å²) in [6.07, 6.45) is -2.41. The minimum Gasteiger partial charge on any atom is -0.472 e. The number of esters is 1. The van der Waals surface area contributed by atoms with Gasteiger partial charge in [-0.15, -0.1) is 0 Å². The number of hydrogen-bond donors (Lipinski definition) is 0. The molecule has 0 spiro atoms. The summed E-state index contributed by atoms with van der Waals surface area (Å²) < 4.78 is 52.3. The average Bonchev–Trinajstić information content (AvgIpc) is 2.97. The third-order valence-corrected chi connectivity index (χ3v) is 2.12. The van der Waals surface area contributed by atoms with Gasteiger partial charge in [0.25, 0.3) is 0 Å². The number of ether oxygens (including phenoxy) is 1. The molecule has 0 aliphatic carbocycles. The second-order valence-corrected chi connectivity index (χ2v) is 3.43. The van der Waals surface area contributed by atoms with Crippen molar-refractivity contribution in [3.8, 4) is 11.5 Å². The number of nitrogens with zero attached hydrogens (tertiary/aromatic N) is 1. The van der Waals surface area contributed by atoms with Crippen molar-refractivity contribution in [1.82, 2.24) is 4.98 Å². The topological polar surface area (TPSA) is 65.5 Å². The largest absolute Gasteiger partial charge is 0.472 e. The number of aromatic nitrogens is 1. The Kier molecular flexibility index (Phi) is 3.32. The van der Waals surface area contributed by atoms with Crippen LogP contribution in [-0.4, -0.2) is 17.6 Å². The van der Waals surface area contributed by atoms with Gasteiger partial charge in [0.05, 0.1) is 18.4 Å². The van der Waals surface area contributed by atoms with Crippen LogP contribution in [0.15, 0.2) is 27.4 Å². The summed E-state index contributed by atoms with van der Waals surface area (Å²) in [6.45, 7) is 1.40. The lowest BCUT2D eigenvalue weighted by Crippen LogP contribution is -2.14. The number of halogens is 3. The molecule has 19 heavy (non-hydrogen) atoms. The molecule has 0 radical (unpaired) electrons. The average molecular weight is 275 g/mol. The van der Waals surface area contributed by atoms with Gasteiger partial charge in [0.2, 0.25) is 11.7 Å². The zero-order chi connectivity index (χ0) is 14.0. The zero-order valence-corrected chi connectivity index (χ0v) is 9.65. The van der Waals surface area contributed by atoms with Crippen LogP contribution in [0.4, 0.5) is 13.2 Å². The molecule has 5 nitrogen and oxygen atoms in total. The molecule has 0 saturated heterocycles. The SMILES string of the molecule is CCOC(=O)c1oc(-c2ccoc2)nc1C(F)(F)F. The molecule has 0 amide bonds. The number of hydrogen-bond acceptors (Lipinski definition) is 5. The number of oxazole rings is 1. The van der Waals surface area contributed by atoms with Crippen LogP contribution in [0.25, 0.3) is 11.5 Å². The van der Waals surface area contributed by atoms with E-state index in [0.717, 1.165) is 6.26 Å². The van der Waals surface area contributed by atoms with Gasteiger partial charge in [0.1, 0.15) is 6.26 Å². The fourth-order valence-corrected chi connectivity index (χ4v) is 1.36. The third kappa shape index (κ3) is 2.61. The summed E-state index contributed by atoms with van der Waals surface area (Å²) in [5.74, 6) is -2.54. The molecular formula is C11H8F3NO4. The van der Waals surface area contributed by atoms with Crippen LogP contribution in [0.2, 0.25) is 0 Å². The molecule has 0 atom stereocenters. The molecule has 2 heterocycles. The summed E-state index contributed by atoms with van der Waals surface area (Å²) in [5.41, 5.74) is -1.22. The second-order valence-electron chi connectivity index (χ2n) is 3.43. The lowest BCUT2D eigenvalue weighted by Gasteiger charge is -2.03. The van der Waals surface area contributed by atoms with Gasteiger partial charge in [-0.05, 0) is 13.0 Å². The van der Waals surface area contributed by atoms with Gasteiger partial charge in [-0.2, -0.15) is 13.2 Å². The van der Waals surface area contributed by atoms with Crippen molar-refractivity contribution in [2.75, 3.05) is 6.61 Å². The Labute approximate surface area is 105 Å². The van der Waals surface area contributed by atoms with Gasteiger partial charge in [-0.1, -0.05) is 0 Å². The van der Waals surface area contributed by atoms with Crippen LogP contribution in [0, 0.1) is 0 Å². The maximum absolute atomic E-state index is 12.8. The summed E-state index contributed by atoms with van der Waals surface area (Å²) in [6, 6.07) is 1.36. The molecule has 0 unspecified atom stereocenters. The van der Waals surface area contributed by atoms with E-state index in [2.05, 4.69) is 9.72 Å². The lowest BCUT2D eigenvalue weighted by molar-refractivity contribution is -0.141. The number of alkyl halides is 3. The Morgan fingerprint density at radius 3 is 2.74 bits per heavy atom. The summed E-state index contributed by atoms with van der Waals surface area (Å²) in [4.78, 5) is 14.7. The molecule has 0 bridgehead atoms. The highest BCUT2D eigenvalue weighted by Gasteiger charge is 2.42. The maximum Gasteiger partial charge on any atom is 0.437 e. The van der Waals surface area contributed by atoms with Gasteiger partial charge >= 0.3 is 12.1 Å². The summed E-state index contributed by atoms with van der Waals surface area (Å²) >= 11 is 0. The number of carbonyl (C=O) groups excluding carboxylic acids is 1. The molecule has 2 aromatic rings. The molecule has 0 aromatic carbocycles. The highest BCUT2D eigenvalue weighted by atomic mass is 19.4. The fourth-order valence-electron chi connectivity index (χ4n) is 1.36. The predicted octanol–water partition coefficient (Wildman–Crippen LogP) is 3.13. The Bertz CT molecular complexity index is 571. The Balaban J connectivity index is 2.49. The molecule has 8 heteroatoms. The van der Waals surface area contributed by atoms with Crippen LogP contribution in [0.1, 0.15) is 23.2 Å². The molecule has 2 aromatic heterocycles. The maximum atomic E-state index is 12.8. The van der Waals surface area contributed by atoms with E-state index in [4.69, 9.17) is 8.83 Å². The van der Waals surface area contributed by atoms with E-state index in [0.29, 0.717) is 0 Å². The van der Waals surface area contributed by atoms with Crippen LogP contribution in [-0.2, 0) is 10.9 Å². The molecular weight excluding hydrogens is 267 g/mol. The predicted molar refractivity (Wildman–Crippen MR) is 55.2 cm³/mol. The molecule has 0 aliphatic rings. The quantitative estimate of drug-likeness (QED) is 0.805. The first-order chi connectivity index (χ1) is 8.93. The standard InChI is InChI=1S/C11H8F3NO4/c1-2-18-10(16)7-8(11(12,13)14)15-9(19-7)6-3-4-17-5-6/h3-5H,2H2,1H3. The van der Waals surface area contributed by atoms with Crippen molar-refractivity contribution in [1.29, 1.82) is 0 Å². The van der Waals surface area contributed by atoms with Crippen molar-refractivity contribution >= 4 is 5.97 Å². The van der Waals surface area contributed by atoms with E-state index in [9.17, 15) is 18.0 Å². The lowest BCUT2D eigenvalue weighted by atomic mass is 10.3. The van der Waals surface area contributed by atoms with Crippen LogP contribution in [0.5, 0.6) is 0 Å². The molecule has 0 N–H and O–H groups in total. The third-order valence-electron chi connectivity index (χ3n) is 2.12.